The average molecular weight is 321 g/mol. The summed E-state index contributed by atoms with van der Waals surface area (Å²) >= 11 is 0. The van der Waals surface area contributed by atoms with Crippen LogP contribution in [0.2, 0.25) is 0 Å². The lowest BCUT2D eigenvalue weighted by molar-refractivity contribution is -0.394. The van der Waals surface area contributed by atoms with Crippen LogP contribution in [0.3, 0.4) is 0 Å². The number of nitrogens with zero attached hydrogens (tertiary/aromatic N) is 2. The molecule has 116 valence electrons. The van der Waals surface area contributed by atoms with Crippen molar-refractivity contribution in [1.29, 1.82) is 0 Å². The number of ether oxygens (including phenoxy) is 1. The van der Waals surface area contributed by atoms with Crippen LogP contribution in [0, 0.1) is 20.2 Å². The van der Waals surface area contributed by atoms with Crippen molar-refractivity contribution in [3.63, 3.8) is 0 Å². The zero-order valence-electron chi connectivity index (χ0n) is 10.5. The Labute approximate surface area is 117 Å². The highest BCUT2D eigenvalue weighted by molar-refractivity contribution is 7.52. The van der Waals surface area contributed by atoms with Gasteiger partial charge in [-0.05, 0) is 6.07 Å². The summed E-state index contributed by atoms with van der Waals surface area (Å²) in [7, 11) is -4.50. The largest absolute Gasteiger partial charge is 0.486 e. The Balaban J connectivity index is 3.00. The maximum absolute atomic E-state index is 11.1. The molecule has 0 aromatic heterocycles. The Kier molecular flexibility index (Phi) is 5.33. The average Bonchev–Trinajstić information content (AvgIpc) is 2.37. The first kappa shape index (κ1) is 17.0. The van der Waals surface area contributed by atoms with Gasteiger partial charge in [0, 0.05) is 12.6 Å². The smallest absolute Gasteiger partial charge is 0.333 e. The van der Waals surface area contributed by atoms with E-state index in [-0.39, 0.29) is 12.3 Å². The van der Waals surface area contributed by atoms with Crippen LogP contribution in [0.15, 0.2) is 18.2 Å². The fraction of sp³-hybridized carbons (Fsp3) is 0.333. The second-order valence-corrected chi connectivity index (χ2v) is 5.86. The number of hydrogen-bond donors (Lipinski definition) is 3. The van der Waals surface area contributed by atoms with Crippen LogP contribution in [-0.2, 0) is 4.57 Å². The summed E-state index contributed by atoms with van der Waals surface area (Å²) in [6.45, 7) is -0.940. The molecule has 1 atom stereocenters. The molecule has 0 spiro atoms. The van der Waals surface area contributed by atoms with Gasteiger partial charge in [-0.1, -0.05) is 0 Å². The highest BCUT2D eigenvalue weighted by Gasteiger charge is 2.29. The molecule has 1 aromatic carbocycles. The van der Waals surface area contributed by atoms with Crippen LogP contribution in [0.1, 0.15) is 0 Å². The first-order chi connectivity index (χ1) is 9.66. The zero-order chi connectivity index (χ0) is 16.2. The van der Waals surface area contributed by atoms with Gasteiger partial charge >= 0.3 is 13.3 Å². The summed E-state index contributed by atoms with van der Waals surface area (Å²) in [5, 5.41) is 21.4. The molecule has 0 heterocycles. The van der Waals surface area contributed by atoms with Crippen LogP contribution >= 0.6 is 7.60 Å². The van der Waals surface area contributed by atoms with Gasteiger partial charge in [0.15, 0.2) is 5.75 Å². The maximum atomic E-state index is 11.1. The van der Waals surface area contributed by atoms with Crippen molar-refractivity contribution in [1.82, 2.24) is 0 Å². The van der Waals surface area contributed by atoms with E-state index in [1.165, 1.54) is 0 Å². The molecular weight excluding hydrogens is 309 g/mol. The van der Waals surface area contributed by atoms with Crippen LogP contribution in [0.4, 0.5) is 11.4 Å². The van der Waals surface area contributed by atoms with Gasteiger partial charge in [-0.25, -0.2) is 0 Å². The van der Waals surface area contributed by atoms with Gasteiger partial charge in [0.2, 0.25) is 0 Å². The Morgan fingerprint density at radius 1 is 1.29 bits per heavy atom. The monoisotopic (exact) mass is 321 g/mol. The Bertz CT molecular complexity index is 601. The van der Waals surface area contributed by atoms with Gasteiger partial charge in [0.25, 0.3) is 5.69 Å². The van der Waals surface area contributed by atoms with Crippen molar-refractivity contribution in [2.45, 2.75) is 5.66 Å². The number of nitro benzene ring substituents is 2. The lowest BCUT2D eigenvalue weighted by atomic mass is 10.2. The molecule has 0 aliphatic rings. The Morgan fingerprint density at radius 2 is 1.90 bits per heavy atom. The summed E-state index contributed by atoms with van der Waals surface area (Å²) in [5.74, 6) is -0.336. The second-order valence-electron chi connectivity index (χ2n) is 3.96. The van der Waals surface area contributed by atoms with Crippen LogP contribution in [-0.4, -0.2) is 38.4 Å². The second kappa shape index (κ2) is 6.59. The van der Waals surface area contributed by atoms with E-state index in [4.69, 9.17) is 20.3 Å². The normalized spacial score (nSPS) is 12.7. The first-order valence-electron chi connectivity index (χ1n) is 5.47. The number of nitrogens with two attached hydrogens (primary N) is 1. The molecule has 1 unspecified atom stereocenters. The van der Waals surface area contributed by atoms with E-state index in [0.29, 0.717) is 6.07 Å². The third-order valence-electron chi connectivity index (χ3n) is 2.53. The summed E-state index contributed by atoms with van der Waals surface area (Å²) in [6.07, 6.45) is 0. The van der Waals surface area contributed by atoms with E-state index < -0.39 is 41.1 Å². The van der Waals surface area contributed by atoms with Crippen molar-refractivity contribution in [2.75, 3.05) is 13.2 Å². The molecule has 1 rings (SSSR count). The van der Waals surface area contributed by atoms with E-state index in [0.717, 1.165) is 12.1 Å². The van der Waals surface area contributed by atoms with Crippen molar-refractivity contribution >= 4 is 19.0 Å². The van der Waals surface area contributed by atoms with Gasteiger partial charge in [0.05, 0.1) is 15.9 Å². The minimum absolute atomic E-state index is 0.336. The van der Waals surface area contributed by atoms with Crippen molar-refractivity contribution in [2.24, 2.45) is 5.73 Å². The minimum atomic E-state index is -4.50. The third-order valence-corrected chi connectivity index (χ3v) is 3.84. The van der Waals surface area contributed by atoms with E-state index >= 15 is 0 Å². The molecule has 0 radical (unpaired) electrons. The van der Waals surface area contributed by atoms with Gasteiger partial charge in [-0.15, -0.1) is 0 Å². The quantitative estimate of drug-likeness (QED) is 0.363. The van der Waals surface area contributed by atoms with E-state index in [1.807, 2.05) is 0 Å². The molecule has 4 N–H and O–H groups in total. The number of rotatable bonds is 7. The first-order valence-corrected chi connectivity index (χ1v) is 7.16. The molecule has 1 aromatic rings. The summed E-state index contributed by atoms with van der Waals surface area (Å²) < 4.78 is 16.0. The van der Waals surface area contributed by atoms with Crippen molar-refractivity contribution in [3.8, 4) is 5.75 Å². The Hall–Kier alpha value is -2.07. The summed E-state index contributed by atoms with van der Waals surface area (Å²) in [6, 6.07) is 2.67. The number of nitro groups is 2. The fourth-order valence-electron chi connectivity index (χ4n) is 1.37. The van der Waals surface area contributed by atoms with Crippen LogP contribution in [0.5, 0.6) is 5.75 Å². The van der Waals surface area contributed by atoms with Crippen molar-refractivity contribution < 1.29 is 28.9 Å². The molecule has 12 heteroatoms. The highest BCUT2D eigenvalue weighted by Crippen LogP contribution is 2.41. The van der Waals surface area contributed by atoms with Gasteiger partial charge in [-0.2, -0.15) is 0 Å². The Morgan fingerprint density at radius 3 is 2.33 bits per heavy atom. The van der Waals surface area contributed by atoms with E-state index in [9.17, 15) is 24.8 Å². The van der Waals surface area contributed by atoms with Gasteiger partial charge in [-0.3, -0.25) is 24.8 Å². The molecule has 0 aliphatic heterocycles. The molecule has 0 amide bonds. The molecular formula is C9H12N3O8P. The standard InChI is InChI=1S/C9H12N3O8P/c10-4-7(21(17,18)19)5-20-9-2-1-6(11(13)14)3-8(9)12(15)16/h1-3,7H,4-5,10H2,(H2,17,18,19). The molecule has 0 saturated heterocycles. The predicted molar refractivity (Wildman–Crippen MR) is 70.1 cm³/mol. The van der Waals surface area contributed by atoms with Gasteiger partial charge < -0.3 is 20.3 Å². The third kappa shape index (κ3) is 4.46. The topological polar surface area (TPSA) is 179 Å². The van der Waals surface area contributed by atoms with Crippen LogP contribution in [0.25, 0.3) is 0 Å². The molecule has 0 aliphatic carbocycles. The lowest BCUT2D eigenvalue weighted by Gasteiger charge is -2.16. The fourth-order valence-corrected chi connectivity index (χ4v) is 1.92. The molecule has 0 bridgehead atoms. The van der Waals surface area contributed by atoms with Gasteiger partial charge in [0.1, 0.15) is 12.3 Å². The molecule has 0 fully saturated rings. The number of benzene rings is 1. The van der Waals surface area contributed by atoms with E-state index in [2.05, 4.69) is 0 Å². The predicted octanol–water partition coefficient (Wildman–Crippen LogP) is 0.387. The molecule has 11 nitrogen and oxygen atoms in total. The highest BCUT2D eigenvalue weighted by atomic mass is 31.2. The SMILES string of the molecule is NCC(COc1ccc([N+](=O)[O-])cc1[N+](=O)[O-])P(=O)(O)O. The van der Waals surface area contributed by atoms with Crippen molar-refractivity contribution in [3.05, 3.63) is 38.4 Å². The summed E-state index contributed by atoms with van der Waals surface area (Å²) in [5.41, 5.74) is 2.69. The number of non-ortho nitro benzene ring substituents is 1. The lowest BCUT2D eigenvalue weighted by Crippen LogP contribution is -2.27. The molecule has 0 saturated carbocycles. The zero-order valence-corrected chi connectivity index (χ0v) is 11.4. The number of hydrogen-bond acceptors (Lipinski definition) is 7. The molecule has 21 heavy (non-hydrogen) atoms. The van der Waals surface area contributed by atoms with Crippen LogP contribution < -0.4 is 10.5 Å². The maximum Gasteiger partial charge on any atom is 0.333 e. The van der Waals surface area contributed by atoms with E-state index in [1.54, 1.807) is 0 Å². The summed E-state index contributed by atoms with van der Waals surface area (Å²) in [4.78, 5) is 37.6. The minimum Gasteiger partial charge on any atom is -0.486 e.